The van der Waals surface area contributed by atoms with Crippen LogP contribution in [0, 0.1) is 16.7 Å². The van der Waals surface area contributed by atoms with Gasteiger partial charge in [0.15, 0.2) is 0 Å². The summed E-state index contributed by atoms with van der Waals surface area (Å²) in [7, 11) is 1.87. The zero-order valence-corrected chi connectivity index (χ0v) is 20.9. The molecule has 3 rings (SSSR count). The van der Waals surface area contributed by atoms with Crippen LogP contribution in [-0.2, 0) is 13.0 Å². The van der Waals surface area contributed by atoms with Gasteiger partial charge in [0.1, 0.15) is 11.1 Å². The summed E-state index contributed by atoms with van der Waals surface area (Å²) in [5.74, 6) is 0. The van der Waals surface area contributed by atoms with Crippen molar-refractivity contribution in [1.29, 1.82) is 10.7 Å². The highest BCUT2D eigenvalue weighted by atomic mass is 32.1. The number of nitrogens with zero attached hydrogens (tertiary/aromatic N) is 3. The van der Waals surface area contributed by atoms with Gasteiger partial charge in [-0.3, -0.25) is 4.98 Å². The van der Waals surface area contributed by atoms with E-state index in [1.165, 1.54) is 22.2 Å². The van der Waals surface area contributed by atoms with E-state index in [1.54, 1.807) is 35.9 Å². The molecule has 1 aliphatic heterocycles. The standard InChI is InChI=1S/C19H24N4S.C9H9N/c1-14(6-4-5-10-20)7-8-15(2)23-11-9-16-17(12-21)19(22-3)24-18(16)13-23;1-2-3-5-9-6-4-7-10-8-9/h4-6,10,20,22H,2,7-9,11,13H2,1,3H3;2-8H,1H2/b5-4-,14-6+,20-10?;5-3+. The summed E-state index contributed by atoms with van der Waals surface area (Å²) in [5.41, 5.74) is 5.57. The highest BCUT2D eigenvalue weighted by Gasteiger charge is 2.24. The number of anilines is 1. The number of fused-ring (bicyclic) bond motifs is 1. The first-order valence-corrected chi connectivity index (χ1v) is 12.0. The summed E-state index contributed by atoms with van der Waals surface area (Å²) < 4.78 is 0. The number of hydrogen-bond acceptors (Lipinski definition) is 6. The second-order valence-corrected chi connectivity index (χ2v) is 8.86. The molecule has 34 heavy (non-hydrogen) atoms. The normalized spacial score (nSPS) is 13.1. The average Bonchev–Trinajstić information content (AvgIpc) is 3.24. The quantitative estimate of drug-likeness (QED) is 0.313. The Morgan fingerprint density at radius 1 is 1.35 bits per heavy atom. The van der Waals surface area contributed by atoms with Crippen LogP contribution in [0.1, 0.15) is 41.3 Å². The van der Waals surface area contributed by atoms with Crippen LogP contribution in [-0.4, -0.2) is 29.7 Å². The molecule has 176 valence electrons. The maximum absolute atomic E-state index is 9.36. The lowest BCUT2D eigenvalue weighted by molar-refractivity contribution is 0.316. The van der Waals surface area contributed by atoms with Gasteiger partial charge in [0, 0.05) is 42.8 Å². The van der Waals surface area contributed by atoms with Crippen molar-refractivity contribution < 1.29 is 0 Å². The zero-order chi connectivity index (χ0) is 24.8. The fourth-order valence-corrected chi connectivity index (χ4v) is 4.65. The number of hydrogen-bond donors (Lipinski definition) is 2. The summed E-state index contributed by atoms with van der Waals surface area (Å²) >= 11 is 1.69. The molecule has 0 unspecified atom stereocenters. The maximum Gasteiger partial charge on any atom is 0.107 e. The lowest BCUT2D eigenvalue weighted by Crippen LogP contribution is -2.28. The zero-order valence-electron chi connectivity index (χ0n) is 20.1. The first-order chi connectivity index (χ1) is 16.5. The lowest BCUT2D eigenvalue weighted by atomic mass is 10.0. The number of nitriles is 1. The smallest absolute Gasteiger partial charge is 0.107 e. The maximum atomic E-state index is 9.36. The summed E-state index contributed by atoms with van der Waals surface area (Å²) in [4.78, 5) is 7.57. The van der Waals surface area contributed by atoms with Crippen LogP contribution in [0.25, 0.3) is 6.08 Å². The molecule has 0 saturated carbocycles. The number of nitrogens with one attached hydrogen (secondary N) is 2. The Balaban J connectivity index is 0.000000340. The van der Waals surface area contributed by atoms with Crippen molar-refractivity contribution in [2.75, 3.05) is 18.9 Å². The van der Waals surface area contributed by atoms with Gasteiger partial charge in [-0.1, -0.05) is 55.2 Å². The van der Waals surface area contributed by atoms with Crippen molar-refractivity contribution in [3.63, 3.8) is 0 Å². The van der Waals surface area contributed by atoms with Crippen LogP contribution in [0.2, 0.25) is 0 Å². The van der Waals surface area contributed by atoms with Gasteiger partial charge in [-0.15, -0.1) is 11.3 Å². The van der Waals surface area contributed by atoms with Crippen LogP contribution in [0.4, 0.5) is 5.00 Å². The van der Waals surface area contributed by atoms with E-state index in [0.717, 1.165) is 54.2 Å². The molecular formula is C28H33N5S. The lowest BCUT2D eigenvalue weighted by Gasteiger charge is -2.30. The third-order valence-electron chi connectivity index (χ3n) is 5.35. The Bertz CT molecular complexity index is 1100. The first-order valence-electron chi connectivity index (χ1n) is 11.2. The average molecular weight is 472 g/mol. The van der Waals surface area contributed by atoms with Gasteiger partial charge in [0.25, 0.3) is 0 Å². The molecule has 0 amide bonds. The molecule has 0 saturated heterocycles. The van der Waals surface area contributed by atoms with Crippen molar-refractivity contribution in [2.45, 2.75) is 32.7 Å². The van der Waals surface area contributed by atoms with Crippen molar-refractivity contribution in [3.8, 4) is 6.07 Å². The number of rotatable bonds is 9. The summed E-state index contributed by atoms with van der Waals surface area (Å²) in [5, 5.41) is 20.4. The van der Waals surface area contributed by atoms with E-state index in [0.29, 0.717) is 0 Å². The molecule has 6 heteroatoms. The molecule has 0 radical (unpaired) electrons. The molecule has 0 aliphatic carbocycles. The molecule has 2 aromatic rings. The predicted octanol–water partition coefficient (Wildman–Crippen LogP) is 6.75. The summed E-state index contributed by atoms with van der Waals surface area (Å²) in [6.07, 6.45) is 18.9. The van der Waals surface area contributed by atoms with Gasteiger partial charge in [0.2, 0.25) is 0 Å². The molecule has 0 bridgehead atoms. The van der Waals surface area contributed by atoms with Crippen molar-refractivity contribution in [2.24, 2.45) is 0 Å². The minimum atomic E-state index is 0.819. The molecule has 3 heterocycles. The van der Waals surface area contributed by atoms with Crippen molar-refractivity contribution in [3.05, 3.63) is 101 Å². The summed E-state index contributed by atoms with van der Waals surface area (Å²) in [6.45, 7) is 11.7. The molecule has 0 spiro atoms. The Morgan fingerprint density at radius 2 is 2.18 bits per heavy atom. The van der Waals surface area contributed by atoms with Crippen LogP contribution in [0.15, 0.2) is 79.3 Å². The Kier molecular flexibility index (Phi) is 11.3. The molecule has 1 aliphatic rings. The topological polar surface area (TPSA) is 75.8 Å². The van der Waals surface area contributed by atoms with Gasteiger partial charge in [-0.25, -0.2) is 0 Å². The number of aromatic nitrogens is 1. The van der Waals surface area contributed by atoms with Crippen LogP contribution < -0.4 is 5.32 Å². The van der Waals surface area contributed by atoms with Gasteiger partial charge < -0.3 is 15.6 Å². The molecule has 2 N–H and O–H groups in total. The third-order valence-corrected chi connectivity index (χ3v) is 6.58. The number of pyridine rings is 1. The number of thiophene rings is 1. The van der Waals surface area contributed by atoms with E-state index in [1.807, 2.05) is 43.5 Å². The fraction of sp³-hybridized carbons (Fsp3) is 0.250. The molecular weight excluding hydrogens is 438 g/mol. The Labute approximate surface area is 207 Å². The van der Waals surface area contributed by atoms with Crippen LogP contribution in [0.3, 0.4) is 0 Å². The largest absolute Gasteiger partial charge is 0.379 e. The van der Waals surface area contributed by atoms with E-state index >= 15 is 0 Å². The third kappa shape index (κ3) is 8.02. The van der Waals surface area contributed by atoms with Crippen molar-refractivity contribution >= 4 is 28.6 Å². The number of allylic oxidation sites excluding steroid dienone is 7. The minimum absolute atomic E-state index is 0.819. The first kappa shape index (κ1) is 26.6. The van der Waals surface area contributed by atoms with Gasteiger partial charge in [0.05, 0.1) is 12.1 Å². The highest BCUT2D eigenvalue weighted by Crippen LogP contribution is 2.37. The molecule has 5 nitrogen and oxygen atoms in total. The highest BCUT2D eigenvalue weighted by molar-refractivity contribution is 7.16. The second-order valence-electron chi connectivity index (χ2n) is 7.75. The molecule has 0 fully saturated rings. The molecule has 0 atom stereocenters. The molecule has 0 aromatic carbocycles. The van der Waals surface area contributed by atoms with E-state index in [2.05, 4.69) is 41.4 Å². The van der Waals surface area contributed by atoms with Gasteiger partial charge in [-0.05, 0) is 49.5 Å². The Morgan fingerprint density at radius 3 is 2.82 bits per heavy atom. The van der Waals surface area contributed by atoms with E-state index in [9.17, 15) is 5.26 Å². The van der Waals surface area contributed by atoms with E-state index < -0.39 is 0 Å². The second kappa shape index (κ2) is 14.5. The van der Waals surface area contributed by atoms with Crippen LogP contribution >= 0.6 is 11.3 Å². The Hall–Kier alpha value is -3.69. The SMILES string of the molecule is C=C(CC/C(C)=C/C=C\C=N)N1CCc2c(sc(NC)c2C#N)C1.C=C/C=C/c1cccnc1. The summed E-state index contributed by atoms with van der Waals surface area (Å²) in [6, 6.07) is 6.24. The van der Waals surface area contributed by atoms with Gasteiger partial charge in [-0.2, -0.15) is 5.26 Å². The van der Waals surface area contributed by atoms with Gasteiger partial charge >= 0.3 is 0 Å². The predicted molar refractivity (Wildman–Crippen MR) is 146 cm³/mol. The minimum Gasteiger partial charge on any atom is -0.379 e. The van der Waals surface area contributed by atoms with E-state index in [4.69, 9.17) is 5.41 Å². The van der Waals surface area contributed by atoms with Crippen molar-refractivity contribution in [1.82, 2.24) is 9.88 Å². The fourth-order valence-electron chi connectivity index (χ4n) is 3.48. The molecule has 2 aromatic heterocycles. The van der Waals surface area contributed by atoms with E-state index in [-0.39, 0.29) is 0 Å². The monoisotopic (exact) mass is 471 g/mol. The van der Waals surface area contributed by atoms with Crippen LogP contribution in [0.5, 0.6) is 0 Å².